The molecule has 0 bridgehead atoms. The third kappa shape index (κ3) is 4.98. The fourth-order valence-electron chi connectivity index (χ4n) is 3.31. The van der Waals surface area contributed by atoms with E-state index in [1.165, 1.54) is 0 Å². The van der Waals surface area contributed by atoms with Crippen molar-refractivity contribution in [2.24, 2.45) is 0 Å². The highest BCUT2D eigenvalue weighted by Gasteiger charge is 2.26. The average molecular weight is 408 g/mol. The number of carbonyl (C=O) groups excluding carboxylic acids is 1. The Morgan fingerprint density at radius 2 is 1.93 bits per heavy atom. The molecule has 1 aliphatic heterocycles. The molecule has 4 rings (SSSR count). The summed E-state index contributed by atoms with van der Waals surface area (Å²) in [5.74, 6) is 2.51. The normalized spacial score (nSPS) is 16.5. The smallest absolute Gasteiger partial charge is 0.227 e. The molecule has 9 nitrogen and oxygen atoms in total. The lowest BCUT2D eigenvalue weighted by atomic mass is 10.1. The van der Waals surface area contributed by atoms with E-state index in [4.69, 9.17) is 9.26 Å². The van der Waals surface area contributed by atoms with Gasteiger partial charge in [-0.2, -0.15) is 4.98 Å². The van der Waals surface area contributed by atoms with Crippen LogP contribution >= 0.6 is 0 Å². The van der Waals surface area contributed by atoms with E-state index in [1.54, 1.807) is 11.8 Å². The number of anilines is 2. The van der Waals surface area contributed by atoms with Gasteiger partial charge in [0.25, 0.3) is 0 Å². The van der Waals surface area contributed by atoms with Crippen LogP contribution in [0.4, 0.5) is 11.6 Å². The van der Waals surface area contributed by atoms with E-state index in [9.17, 15) is 4.79 Å². The van der Waals surface area contributed by atoms with Crippen LogP contribution in [0, 0.1) is 13.8 Å². The highest BCUT2D eigenvalue weighted by Crippen LogP contribution is 2.23. The highest BCUT2D eigenvalue weighted by atomic mass is 16.5. The zero-order valence-corrected chi connectivity index (χ0v) is 17.0. The monoisotopic (exact) mass is 408 g/mol. The van der Waals surface area contributed by atoms with Crippen molar-refractivity contribution in [3.8, 4) is 0 Å². The van der Waals surface area contributed by atoms with Gasteiger partial charge in [-0.15, -0.1) is 0 Å². The van der Waals surface area contributed by atoms with Crippen LogP contribution in [0.3, 0.4) is 0 Å². The number of amides is 1. The van der Waals surface area contributed by atoms with E-state index in [0.29, 0.717) is 50.1 Å². The summed E-state index contributed by atoms with van der Waals surface area (Å²) < 4.78 is 11.0. The Bertz CT molecular complexity index is 1020. The van der Waals surface area contributed by atoms with Gasteiger partial charge >= 0.3 is 0 Å². The van der Waals surface area contributed by atoms with E-state index in [2.05, 4.69) is 25.4 Å². The van der Waals surface area contributed by atoms with Crippen molar-refractivity contribution in [1.29, 1.82) is 0 Å². The standard InChI is InChI=1S/C21H24N6O3/c1-14-5-3-7-18(22-14)25-19-8-4-6-16(24-19)17-13-27(11-12-29-17)21(28)10-9-20-23-15(2)26-30-20/h3-8,17H,9-13H2,1-2H3,(H,22,24,25)/t17-/m1/s1. The molecule has 0 unspecified atom stereocenters. The molecule has 0 aromatic carbocycles. The maximum absolute atomic E-state index is 12.6. The molecular weight excluding hydrogens is 384 g/mol. The molecule has 4 heterocycles. The predicted octanol–water partition coefficient (Wildman–Crippen LogP) is 2.75. The number of nitrogens with one attached hydrogen (secondary N) is 1. The second-order valence-corrected chi connectivity index (χ2v) is 7.17. The van der Waals surface area contributed by atoms with Gasteiger partial charge < -0.3 is 19.5 Å². The molecule has 30 heavy (non-hydrogen) atoms. The zero-order valence-electron chi connectivity index (χ0n) is 17.0. The molecule has 1 saturated heterocycles. The molecule has 0 spiro atoms. The van der Waals surface area contributed by atoms with Gasteiger partial charge in [-0.25, -0.2) is 9.97 Å². The fraction of sp³-hybridized carbons (Fsp3) is 0.381. The van der Waals surface area contributed by atoms with Crippen molar-refractivity contribution in [2.75, 3.05) is 25.0 Å². The Balaban J connectivity index is 1.38. The summed E-state index contributed by atoms with van der Waals surface area (Å²) in [6.07, 6.45) is 0.478. The third-order valence-electron chi connectivity index (χ3n) is 4.79. The van der Waals surface area contributed by atoms with E-state index in [1.807, 2.05) is 43.3 Å². The molecular formula is C21H24N6O3. The minimum atomic E-state index is -0.277. The van der Waals surface area contributed by atoms with Crippen LogP contribution in [-0.4, -0.2) is 50.6 Å². The first-order chi connectivity index (χ1) is 14.6. The maximum Gasteiger partial charge on any atom is 0.227 e. The molecule has 0 aliphatic carbocycles. The van der Waals surface area contributed by atoms with E-state index in [-0.39, 0.29) is 12.0 Å². The SMILES string of the molecule is Cc1cccc(Nc2cccc([C@H]3CN(C(=O)CCc4nc(C)no4)CCO3)n2)n1. The molecule has 9 heteroatoms. The van der Waals surface area contributed by atoms with Crippen LogP contribution in [0.15, 0.2) is 40.9 Å². The quantitative estimate of drug-likeness (QED) is 0.664. The van der Waals surface area contributed by atoms with Crippen LogP contribution < -0.4 is 5.32 Å². The summed E-state index contributed by atoms with van der Waals surface area (Å²) >= 11 is 0. The first-order valence-corrected chi connectivity index (χ1v) is 9.93. The van der Waals surface area contributed by atoms with Gasteiger partial charge in [0, 0.05) is 25.1 Å². The van der Waals surface area contributed by atoms with Crippen molar-refractivity contribution in [3.63, 3.8) is 0 Å². The first kappa shape index (κ1) is 20.0. The second-order valence-electron chi connectivity index (χ2n) is 7.17. The molecule has 3 aromatic rings. The molecule has 1 aliphatic rings. The molecule has 1 fully saturated rings. The summed E-state index contributed by atoms with van der Waals surface area (Å²) in [5.41, 5.74) is 1.70. The number of hydrogen-bond acceptors (Lipinski definition) is 8. The average Bonchev–Trinajstić information content (AvgIpc) is 3.17. The lowest BCUT2D eigenvalue weighted by molar-refractivity contribution is -0.139. The van der Waals surface area contributed by atoms with Gasteiger partial charge in [0.2, 0.25) is 11.8 Å². The number of rotatable bonds is 6. The number of ether oxygens (including phenoxy) is 1. The van der Waals surface area contributed by atoms with Gasteiger partial charge in [-0.3, -0.25) is 4.79 Å². The minimum Gasteiger partial charge on any atom is -0.368 e. The number of pyridine rings is 2. The Labute approximate surface area is 174 Å². The number of aryl methyl sites for hydroxylation is 3. The Kier molecular flexibility index (Phi) is 5.99. The number of hydrogen-bond donors (Lipinski definition) is 1. The lowest BCUT2D eigenvalue weighted by Gasteiger charge is -2.32. The zero-order chi connectivity index (χ0) is 20.9. The Morgan fingerprint density at radius 3 is 2.70 bits per heavy atom. The molecule has 1 N–H and O–H groups in total. The van der Waals surface area contributed by atoms with Crippen LogP contribution in [0.2, 0.25) is 0 Å². The highest BCUT2D eigenvalue weighted by molar-refractivity contribution is 5.76. The van der Waals surface area contributed by atoms with E-state index < -0.39 is 0 Å². The second kappa shape index (κ2) is 9.00. The summed E-state index contributed by atoms with van der Waals surface area (Å²) in [6, 6.07) is 11.5. The molecule has 0 radical (unpaired) electrons. The largest absolute Gasteiger partial charge is 0.368 e. The number of carbonyl (C=O) groups is 1. The molecule has 0 saturated carbocycles. The minimum absolute atomic E-state index is 0.0393. The summed E-state index contributed by atoms with van der Waals surface area (Å²) in [7, 11) is 0. The van der Waals surface area contributed by atoms with Crippen molar-refractivity contribution < 1.29 is 14.1 Å². The van der Waals surface area contributed by atoms with Gasteiger partial charge in [0.1, 0.15) is 17.7 Å². The third-order valence-corrected chi connectivity index (χ3v) is 4.79. The van der Waals surface area contributed by atoms with Gasteiger partial charge in [0.15, 0.2) is 5.82 Å². The van der Waals surface area contributed by atoms with Crippen molar-refractivity contribution in [2.45, 2.75) is 32.8 Å². The van der Waals surface area contributed by atoms with E-state index >= 15 is 0 Å². The van der Waals surface area contributed by atoms with Crippen LogP contribution in [-0.2, 0) is 16.0 Å². The molecule has 156 valence electrons. The van der Waals surface area contributed by atoms with Crippen LogP contribution in [0.25, 0.3) is 0 Å². The van der Waals surface area contributed by atoms with Gasteiger partial charge in [-0.1, -0.05) is 17.3 Å². The first-order valence-electron chi connectivity index (χ1n) is 9.93. The van der Waals surface area contributed by atoms with Crippen LogP contribution in [0.5, 0.6) is 0 Å². The molecule has 3 aromatic heterocycles. The van der Waals surface area contributed by atoms with E-state index in [0.717, 1.165) is 17.2 Å². The molecule has 1 atom stereocenters. The Hall–Kier alpha value is -3.33. The van der Waals surface area contributed by atoms with Crippen LogP contribution in [0.1, 0.15) is 35.6 Å². The molecule has 1 amide bonds. The van der Waals surface area contributed by atoms with Crippen molar-refractivity contribution in [3.05, 3.63) is 59.5 Å². The fourth-order valence-corrected chi connectivity index (χ4v) is 3.31. The predicted molar refractivity (Wildman–Crippen MR) is 109 cm³/mol. The number of morpholine rings is 1. The topological polar surface area (TPSA) is 106 Å². The Morgan fingerprint density at radius 1 is 1.13 bits per heavy atom. The van der Waals surface area contributed by atoms with Crippen molar-refractivity contribution >= 4 is 17.5 Å². The summed E-state index contributed by atoms with van der Waals surface area (Å²) in [4.78, 5) is 27.7. The van der Waals surface area contributed by atoms with Crippen molar-refractivity contribution in [1.82, 2.24) is 25.0 Å². The van der Waals surface area contributed by atoms with Gasteiger partial charge in [0.05, 0.1) is 18.8 Å². The van der Waals surface area contributed by atoms with Gasteiger partial charge in [-0.05, 0) is 38.1 Å². The summed E-state index contributed by atoms with van der Waals surface area (Å²) in [6.45, 7) is 5.18. The summed E-state index contributed by atoms with van der Waals surface area (Å²) in [5, 5.41) is 6.97. The lowest BCUT2D eigenvalue weighted by Crippen LogP contribution is -2.42. The maximum atomic E-state index is 12.6. The number of nitrogens with zero attached hydrogens (tertiary/aromatic N) is 5. The number of aromatic nitrogens is 4.